The molecule has 1 aromatic rings. The first-order chi connectivity index (χ1) is 9.02. The summed E-state index contributed by atoms with van der Waals surface area (Å²) in [6.07, 6.45) is 1.46. The molecule has 19 heavy (non-hydrogen) atoms. The fourth-order valence-corrected chi connectivity index (χ4v) is 1.61. The van der Waals surface area contributed by atoms with Gasteiger partial charge in [0.1, 0.15) is 6.54 Å². The number of nitrogens with zero attached hydrogens (tertiary/aromatic N) is 1. The zero-order valence-electron chi connectivity index (χ0n) is 11.0. The minimum Gasteiger partial charge on any atom is -0.492 e. The Bertz CT molecular complexity index is 412. The van der Waals surface area contributed by atoms with E-state index in [9.17, 15) is 15.0 Å². The zero-order chi connectivity index (χ0) is 14.4. The van der Waals surface area contributed by atoms with Crippen LogP contribution in [0, 0.1) is 0 Å². The molecule has 0 atom stereocenters. The molecule has 0 fully saturated rings. The van der Waals surface area contributed by atoms with Gasteiger partial charge >= 0.3 is 0 Å². The van der Waals surface area contributed by atoms with Crippen LogP contribution in [0.25, 0.3) is 0 Å². The highest BCUT2D eigenvalue weighted by Crippen LogP contribution is 2.47. The number of carbonyl (C=O) groups is 1. The molecule has 7 heteroatoms. The van der Waals surface area contributed by atoms with Gasteiger partial charge in [0.25, 0.3) is 0 Å². The van der Waals surface area contributed by atoms with Crippen LogP contribution in [0.2, 0.25) is 0 Å². The highest BCUT2D eigenvalue weighted by molar-refractivity contribution is 6.63. The summed E-state index contributed by atoms with van der Waals surface area (Å²) in [7, 11) is 0. The molecule has 0 unspecified atom stereocenters. The molecule has 0 radical (unpaired) electrons. The quantitative estimate of drug-likeness (QED) is 0.718. The number of aromatic nitrogens is 1. The van der Waals surface area contributed by atoms with Gasteiger partial charge in [0.2, 0.25) is 28.5 Å². The molecular formula is C12H18ClNO5. The largest absolute Gasteiger partial charge is 0.492 e. The van der Waals surface area contributed by atoms with Gasteiger partial charge in [0.05, 0.1) is 13.2 Å². The second-order valence-corrected chi connectivity index (χ2v) is 4.37. The van der Waals surface area contributed by atoms with Crippen LogP contribution in [0.15, 0.2) is 0 Å². The Morgan fingerprint density at radius 2 is 1.53 bits per heavy atom. The van der Waals surface area contributed by atoms with Crippen molar-refractivity contribution in [3.05, 3.63) is 0 Å². The van der Waals surface area contributed by atoms with Crippen molar-refractivity contribution in [2.75, 3.05) is 13.2 Å². The predicted octanol–water partition coefficient (Wildman–Crippen LogP) is 2.24. The summed E-state index contributed by atoms with van der Waals surface area (Å²) >= 11 is 5.26. The fourth-order valence-electron chi connectivity index (χ4n) is 1.49. The van der Waals surface area contributed by atoms with Crippen LogP contribution in [-0.2, 0) is 11.3 Å². The highest BCUT2D eigenvalue weighted by atomic mass is 35.5. The average molecular weight is 292 g/mol. The molecule has 0 spiro atoms. The summed E-state index contributed by atoms with van der Waals surface area (Å²) < 4.78 is 11.6. The van der Waals surface area contributed by atoms with Crippen LogP contribution in [-0.4, -0.2) is 33.2 Å². The molecule has 0 bridgehead atoms. The van der Waals surface area contributed by atoms with Crippen LogP contribution in [0.3, 0.4) is 0 Å². The Morgan fingerprint density at radius 3 is 1.84 bits per heavy atom. The summed E-state index contributed by atoms with van der Waals surface area (Å²) in [5.74, 6) is -0.673. The Morgan fingerprint density at radius 1 is 1.11 bits per heavy atom. The van der Waals surface area contributed by atoms with Crippen molar-refractivity contribution in [3.63, 3.8) is 0 Å². The lowest BCUT2D eigenvalue weighted by Gasteiger charge is -2.07. The molecule has 0 saturated carbocycles. The smallest absolute Gasteiger partial charge is 0.242 e. The van der Waals surface area contributed by atoms with Gasteiger partial charge in [-0.05, 0) is 24.4 Å². The van der Waals surface area contributed by atoms with Crippen molar-refractivity contribution in [2.45, 2.75) is 33.2 Å². The lowest BCUT2D eigenvalue weighted by molar-refractivity contribution is -0.112. The van der Waals surface area contributed by atoms with Crippen molar-refractivity contribution < 1.29 is 24.5 Å². The average Bonchev–Trinajstić information content (AvgIpc) is 2.58. The molecule has 6 nitrogen and oxygen atoms in total. The van der Waals surface area contributed by atoms with Gasteiger partial charge in [-0.25, -0.2) is 0 Å². The second kappa shape index (κ2) is 7.13. The molecule has 0 saturated heterocycles. The minimum absolute atomic E-state index is 0.0331. The van der Waals surface area contributed by atoms with Crippen LogP contribution < -0.4 is 9.47 Å². The summed E-state index contributed by atoms with van der Waals surface area (Å²) in [5.41, 5.74) is 0. The topological polar surface area (TPSA) is 80.9 Å². The SMILES string of the molecule is CCCOc1c(OCCC)c(O)n(CC(=O)Cl)c1O. The maximum Gasteiger partial charge on any atom is 0.242 e. The summed E-state index contributed by atoms with van der Waals surface area (Å²) in [6.45, 7) is 4.16. The van der Waals surface area contributed by atoms with Gasteiger partial charge in [-0.3, -0.25) is 9.36 Å². The Balaban J connectivity index is 3.12. The summed E-state index contributed by atoms with van der Waals surface area (Å²) in [5, 5.41) is 19.2. The van der Waals surface area contributed by atoms with E-state index >= 15 is 0 Å². The van der Waals surface area contributed by atoms with E-state index < -0.39 is 5.24 Å². The first-order valence-corrected chi connectivity index (χ1v) is 6.49. The first-order valence-electron chi connectivity index (χ1n) is 6.11. The van der Waals surface area contributed by atoms with E-state index in [4.69, 9.17) is 21.1 Å². The van der Waals surface area contributed by atoms with Gasteiger partial charge < -0.3 is 19.7 Å². The lowest BCUT2D eigenvalue weighted by Crippen LogP contribution is -2.03. The van der Waals surface area contributed by atoms with Crippen molar-refractivity contribution in [2.24, 2.45) is 0 Å². The third kappa shape index (κ3) is 3.70. The van der Waals surface area contributed by atoms with Gasteiger partial charge in [-0.2, -0.15) is 0 Å². The minimum atomic E-state index is -0.718. The molecule has 2 N–H and O–H groups in total. The molecule has 108 valence electrons. The normalized spacial score (nSPS) is 10.5. The Labute approximate surface area is 116 Å². The summed E-state index contributed by atoms with van der Waals surface area (Å²) in [6, 6.07) is 0. The number of carbonyl (C=O) groups excluding carboxylic acids is 1. The van der Waals surface area contributed by atoms with E-state index in [-0.39, 0.29) is 29.8 Å². The van der Waals surface area contributed by atoms with E-state index in [2.05, 4.69) is 0 Å². The number of hydrogen-bond acceptors (Lipinski definition) is 5. The molecule has 1 heterocycles. The van der Waals surface area contributed by atoms with Gasteiger partial charge in [-0.1, -0.05) is 13.8 Å². The Hall–Kier alpha value is -1.56. The molecule has 0 aliphatic rings. The van der Waals surface area contributed by atoms with Crippen LogP contribution >= 0.6 is 11.6 Å². The number of aromatic hydroxyl groups is 2. The van der Waals surface area contributed by atoms with Crippen molar-refractivity contribution in [3.8, 4) is 23.3 Å². The number of rotatable bonds is 8. The van der Waals surface area contributed by atoms with Gasteiger partial charge in [0, 0.05) is 0 Å². The molecule has 0 amide bonds. The van der Waals surface area contributed by atoms with Crippen molar-refractivity contribution in [1.82, 2.24) is 4.57 Å². The second-order valence-electron chi connectivity index (χ2n) is 3.94. The molecule has 1 aromatic heterocycles. The standard InChI is InChI=1S/C12H18ClNO5/c1-3-5-18-9-10(19-6-4-2)12(17)14(11(9)16)7-8(13)15/h16-17H,3-7H2,1-2H3. The zero-order valence-corrected chi connectivity index (χ0v) is 11.7. The van der Waals surface area contributed by atoms with Gasteiger partial charge in [0.15, 0.2) is 0 Å². The first kappa shape index (κ1) is 15.5. The van der Waals surface area contributed by atoms with E-state index in [1.807, 2.05) is 13.8 Å². The summed E-state index contributed by atoms with van der Waals surface area (Å²) in [4.78, 5) is 10.9. The van der Waals surface area contributed by atoms with E-state index in [0.717, 1.165) is 17.4 Å². The van der Waals surface area contributed by atoms with Crippen molar-refractivity contribution >= 4 is 16.8 Å². The third-order valence-electron chi connectivity index (χ3n) is 2.31. The molecule has 0 aromatic carbocycles. The number of hydrogen-bond donors (Lipinski definition) is 2. The number of ether oxygens (including phenoxy) is 2. The Kier molecular flexibility index (Phi) is 5.82. The monoisotopic (exact) mass is 291 g/mol. The molecule has 0 aliphatic carbocycles. The highest BCUT2D eigenvalue weighted by Gasteiger charge is 2.26. The van der Waals surface area contributed by atoms with E-state index in [1.54, 1.807) is 0 Å². The third-order valence-corrected chi connectivity index (χ3v) is 2.43. The van der Waals surface area contributed by atoms with Crippen LogP contribution in [0.1, 0.15) is 26.7 Å². The van der Waals surface area contributed by atoms with Crippen molar-refractivity contribution in [1.29, 1.82) is 0 Å². The number of halogens is 1. The fraction of sp³-hybridized carbons (Fsp3) is 0.583. The van der Waals surface area contributed by atoms with Gasteiger partial charge in [-0.15, -0.1) is 0 Å². The predicted molar refractivity (Wildman–Crippen MR) is 70.2 cm³/mol. The van der Waals surface area contributed by atoms with Crippen LogP contribution in [0.4, 0.5) is 0 Å². The molecule has 0 aliphatic heterocycles. The van der Waals surface area contributed by atoms with E-state index in [1.165, 1.54) is 0 Å². The molecular weight excluding hydrogens is 274 g/mol. The van der Waals surface area contributed by atoms with Crippen LogP contribution in [0.5, 0.6) is 23.3 Å². The maximum absolute atomic E-state index is 10.9. The lowest BCUT2D eigenvalue weighted by atomic mass is 10.4. The van der Waals surface area contributed by atoms with E-state index in [0.29, 0.717) is 13.2 Å². The maximum atomic E-state index is 10.9. The molecule has 1 rings (SSSR count).